The van der Waals surface area contributed by atoms with E-state index in [9.17, 15) is 14.3 Å². The number of aromatic nitrogens is 2. The summed E-state index contributed by atoms with van der Waals surface area (Å²) in [6, 6.07) is 3.00. The minimum atomic E-state index is -0.655. The number of benzene rings is 1. The highest BCUT2D eigenvalue weighted by atomic mass is 19.1. The van der Waals surface area contributed by atoms with Crippen molar-refractivity contribution < 1.29 is 9.50 Å². The molecule has 1 aliphatic carbocycles. The van der Waals surface area contributed by atoms with Crippen LogP contribution in [0.25, 0.3) is 10.9 Å². The Bertz CT molecular complexity index is 777. The molecule has 4 rings (SSSR count). The summed E-state index contributed by atoms with van der Waals surface area (Å²) in [7, 11) is 0. The monoisotopic (exact) mass is 303 g/mol. The van der Waals surface area contributed by atoms with Crippen LogP contribution in [0.3, 0.4) is 0 Å². The molecule has 1 aliphatic heterocycles. The molecule has 2 fully saturated rings. The topological polar surface area (TPSA) is 69.2 Å². The molecule has 2 heterocycles. The SMILES string of the molecule is O=c1[nH]c(C2CCN(C3CC3)CC2)nc2c(F)cc(O)cc12. The van der Waals surface area contributed by atoms with Gasteiger partial charge in [-0.25, -0.2) is 9.37 Å². The minimum absolute atomic E-state index is 0.0428. The molecule has 1 saturated heterocycles. The van der Waals surface area contributed by atoms with Crippen LogP contribution < -0.4 is 5.56 Å². The van der Waals surface area contributed by atoms with Crippen LogP contribution >= 0.6 is 0 Å². The Morgan fingerprint density at radius 2 is 1.95 bits per heavy atom. The number of aromatic amines is 1. The van der Waals surface area contributed by atoms with Gasteiger partial charge in [-0.2, -0.15) is 0 Å². The molecule has 0 radical (unpaired) electrons. The number of nitrogens with one attached hydrogen (secondary N) is 1. The highest BCUT2D eigenvalue weighted by molar-refractivity contribution is 5.79. The molecule has 5 nitrogen and oxygen atoms in total. The van der Waals surface area contributed by atoms with Crippen molar-refractivity contribution in [2.24, 2.45) is 0 Å². The number of phenols is 1. The van der Waals surface area contributed by atoms with Gasteiger partial charge in [0.15, 0.2) is 5.82 Å². The van der Waals surface area contributed by atoms with Crippen molar-refractivity contribution in [1.82, 2.24) is 14.9 Å². The average molecular weight is 303 g/mol. The van der Waals surface area contributed by atoms with Gasteiger partial charge < -0.3 is 15.0 Å². The van der Waals surface area contributed by atoms with Gasteiger partial charge in [-0.15, -0.1) is 0 Å². The molecule has 0 spiro atoms. The van der Waals surface area contributed by atoms with Gasteiger partial charge in [-0.05, 0) is 44.8 Å². The molecule has 2 aliphatic rings. The van der Waals surface area contributed by atoms with Gasteiger partial charge in [0.25, 0.3) is 5.56 Å². The second-order valence-electron chi connectivity index (χ2n) is 6.32. The summed E-state index contributed by atoms with van der Waals surface area (Å²) in [6.07, 6.45) is 4.46. The van der Waals surface area contributed by atoms with Crippen LogP contribution in [-0.4, -0.2) is 39.1 Å². The van der Waals surface area contributed by atoms with E-state index in [-0.39, 0.29) is 28.1 Å². The zero-order chi connectivity index (χ0) is 15.3. The molecular formula is C16H18FN3O2. The number of halogens is 1. The first-order valence-electron chi connectivity index (χ1n) is 7.78. The summed E-state index contributed by atoms with van der Waals surface area (Å²) in [6.45, 7) is 2.02. The summed E-state index contributed by atoms with van der Waals surface area (Å²) in [4.78, 5) is 21.7. The Balaban J connectivity index is 1.66. The maximum atomic E-state index is 14.0. The maximum absolute atomic E-state index is 14.0. The fraction of sp³-hybridized carbons (Fsp3) is 0.500. The molecule has 2 N–H and O–H groups in total. The maximum Gasteiger partial charge on any atom is 0.259 e. The minimum Gasteiger partial charge on any atom is -0.508 e. The molecule has 2 aromatic rings. The first-order chi connectivity index (χ1) is 10.6. The lowest BCUT2D eigenvalue weighted by Gasteiger charge is -2.31. The summed E-state index contributed by atoms with van der Waals surface area (Å²) in [5.74, 6) is -0.182. The quantitative estimate of drug-likeness (QED) is 0.891. The predicted octanol–water partition coefficient (Wildman–Crippen LogP) is 2.11. The van der Waals surface area contributed by atoms with E-state index < -0.39 is 5.82 Å². The van der Waals surface area contributed by atoms with E-state index in [1.54, 1.807) is 0 Å². The van der Waals surface area contributed by atoms with Crippen LogP contribution in [0, 0.1) is 5.82 Å². The number of nitrogens with zero attached hydrogens (tertiary/aromatic N) is 2. The fourth-order valence-corrected chi connectivity index (χ4v) is 3.37. The van der Waals surface area contributed by atoms with E-state index in [4.69, 9.17) is 0 Å². The number of H-pyrrole nitrogens is 1. The fourth-order valence-electron chi connectivity index (χ4n) is 3.37. The third kappa shape index (κ3) is 2.37. The third-order valence-corrected chi connectivity index (χ3v) is 4.75. The first-order valence-corrected chi connectivity index (χ1v) is 7.78. The lowest BCUT2D eigenvalue weighted by atomic mass is 9.95. The Labute approximate surface area is 126 Å². The average Bonchev–Trinajstić information content (AvgIpc) is 3.33. The van der Waals surface area contributed by atoms with Crippen LogP contribution in [0.4, 0.5) is 4.39 Å². The van der Waals surface area contributed by atoms with Crippen LogP contribution in [0.1, 0.15) is 37.4 Å². The number of hydrogen-bond acceptors (Lipinski definition) is 4. The molecule has 6 heteroatoms. The second-order valence-corrected chi connectivity index (χ2v) is 6.32. The van der Waals surface area contributed by atoms with Crippen molar-refractivity contribution in [3.05, 3.63) is 34.1 Å². The van der Waals surface area contributed by atoms with Crippen LogP contribution in [-0.2, 0) is 0 Å². The number of phenolic OH excluding ortho intramolecular Hbond substituents is 1. The van der Waals surface area contributed by atoms with Crippen LogP contribution in [0.15, 0.2) is 16.9 Å². The van der Waals surface area contributed by atoms with Gasteiger partial charge >= 0.3 is 0 Å². The molecule has 1 saturated carbocycles. The van der Waals surface area contributed by atoms with Crippen molar-refractivity contribution >= 4 is 10.9 Å². The largest absolute Gasteiger partial charge is 0.508 e. The summed E-state index contributed by atoms with van der Waals surface area (Å²) >= 11 is 0. The van der Waals surface area contributed by atoms with Crippen LogP contribution in [0.2, 0.25) is 0 Å². The highest BCUT2D eigenvalue weighted by Crippen LogP contribution is 2.33. The van der Waals surface area contributed by atoms with E-state index in [0.717, 1.165) is 38.0 Å². The van der Waals surface area contributed by atoms with E-state index >= 15 is 0 Å². The van der Waals surface area contributed by atoms with Crippen molar-refractivity contribution in [3.63, 3.8) is 0 Å². The van der Waals surface area contributed by atoms with Gasteiger partial charge in [-0.3, -0.25) is 4.79 Å². The van der Waals surface area contributed by atoms with Gasteiger partial charge in [0.2, 0.25) is 0 Å². The number of fused-ring (bicyclic) bond motifs is 1. The van der Waals surface area contributed by atoms with E-state index in [1.807, 2.05) is 0 Å². The molecule has 1 aromatic heterocycles. The van der Waals surface area contributed by atoms with Gasteiger partial charge in [0.1, 0.15) is 17.1 Å². The predicted molar refractivity (Wildman–Crippen MR) is 80.6 cm³/mol. The Kier molecular flexibility index (Phi) is 3.14. The standard InChI is InChI=1S/C16H18FN3O2/c17-13-8-11(21)7-12-14(13)18-15(19-16(12)22)9-3-5-20(6-4-9)10-1-2-10/h7-10,21H,1-6H2,(H,18,19,22). The number of aromatic hydroxyl groups is 1. The van der Waals surface area contributed by atoms with Gasteiger partial charge in [-0.1, -0.05) is 0 Å². The van der Waals surface area contributed by atoms with E-state index in [1.165, 1.54) is 18.9 Å². The first kappa shape index (κ1) is 13.7. The lowest BCUT2D eigenvalue weighted by molar-refractivity contribution is 0.200. The number of likely N-dealkylation sites (tertiary alicyclic amines) is 1. The van der Waals surface area contributed by atoms with Gasteiger partial charge in [0.05, 0.1) is 5.39 Å². The molecule has 0 bridgehead atoms. The van der Waals surface area contributed by atoms with Crippen molar-refractivity contribution in [3.8, 4) is 5.75 Å². The van der Waals surface area contributed by atoms with Gasteiger partial charge in [0, 0.05) is 18.0 Å². The lowest BCUT2D eigenvalue weighted by Crippen LogP contribution is -2.35. The van der Waals surface area contributed by atoms with Crippen molar-refractivity contribution in [2.75, 3.05) is 13.1 Å². The normalized spacial score (nSPS) is 20.6. The molecular weight excluding hydrogens is 285 g/mol. The van der Waals surface area contributed by atoms with Crippen molar-refractivity contribution in [2.45, 2.75) is 37.6 Å². The van der Waals surface area contributed by atoms with Crippen molar-refractivity contribution in [1.29, 1.82) is 0 Å². The number of piperidine rings is 1. The molecule has 0 unspecified atom stereocenters. The number of hydrogen-bond donors (Lipinski definition) is 2. The highest BCUT2D eigenvalue weighted by Gasteiger charge is 2.32. The number of rotatable bonds is 2. The molecule has 116 valence electrons. The van der Waals surface area contributed by atoms with E-state index in [2.05, 4.69) is 14.9 Å². The second kappa shape index (κ2) is 5.05. The van der Waals surface area contributed by atoms with E-state index in [0.29, 0.717) is 5.82 Å². The Morgan fingerprint density at radius 3 is 2.64 bits per heavy atom. The van der Waals surface area contributed by atoms with Crippen LogP contribution in [0.5, 0.6) is 5.75 Å². The zero-order valence-electron chi connectivity index (χ0n) is 12.2. The summed E-state index contributed by atoms with van der Waals surface area (Å²) in [5.41, 5.74) is -0.347. The smallest absolute Gasteiger partial charge is 0.259 e. The third-order valence-electron chi connectivity index (χ3n) is 4.75. The Morgan fingerprint density at radius 1 is 1.23 bits per heavy atom. The summed E-state index contributed by atoms with van der Waals surface area (Å²) < 4.78 is 14.0. The Hall–Kier alpha value is -1.95. The molecule has 0 atom stereocenters. The zero-order valence-corrected chi connectivity index (χ0v) is 12.2. The molecule has 0 amide bonds. The molecule has 22 heavy (non-hydrogen) atoms. The summed E-state index contributed by atoms with van der Waals surface area (Å²) in [5, 5.41) is 9.51. The molecule has 1 aromatic carbocycles.